The number of anilines is 2. The molecule has 168 valence electrons. The lowest BCUT2D eigenvalue weighted by Gasteiger charge is -2.20. The Bertz CT molecular complexity index is 891. The lowest BCUT2D eigenvalue weighted by molar-refractivity contribution is -0.121. The summed E-state index contributed by atoms with van der Waals surface area (Å²) in [7, 11) is 3.64. The average molecular weight is 431 g/mol. The third-order valence-electron chi connectivity index (χ3n) is 5.58. The van der Waals surface area contributed by atoms with Gasteiger partial charge in [0.05, 0.1) is 12.7 Å². The van der Waals surface area contributed by atoms with Crippen molar-refractivity contribution in [2.24, 2.45) is 5.92 Å². The first-order valence-corrected chi connectivity index (χ1v) is 10.6. The lowest BCUT2D eigenvalue weighted by Crippen LogP contribution is -2.27. The second kappa shape index (κ2) is 10.0. The van der Waals surface area contributed by atoms with Gasteiger partial charge in [-0.15, -0.1) is 0 Å². The maximum Gasteiger partial charge on any atom is 0.226 e. The normalized spacial score (nSPS) is 18.0. The molecule has 0 saturated carbocycles. The molecular weight excluding hydrogens is 399 g/mol. The van der Waals surface area contributed by atoms with E-state index in [-0.39, 0.29) is 30.3 Å². The Balaban J connectivity index is 1.59. The van der Waals surface area contributed by atoms with Crippen LogP contribution in [0.3, 0.4) is 0 Å². The molecule has 7 nitrogen and oxygen atoms in total. The van der Waals surface area contributed by atoms with Crippen LogP contribution in [0.25, 0.3) is 0 Å². The van der Waals surface area contributed by atoms with Gasteiger partial charge in [-0.25, -0.2) is 9.37 Å². The van der Waals surface area contributed by atoms with Crippen molar-refractivity contribution in [2.75, 3.05) is 43.6 Å². The number of nitrogens with zero attached hydrogens (tertiary/aromatic N) is 4. The SMILES string of the molecule is CC(CO)CC(=O)C(C)c1ccc(OC2CCN(c3nc(N(C)C)ncc3F)C2)cc1. The second-order valence-electron chi connectivity index (χ2n) is 8.46. The Hall–Kier alpha value is -2.74. The van der Waals surface area contributed by atoms with Crippen LogP contribution in [0.2, 0.25) is 0 Å². The summed E-state index contributed by atoms with van der Waals surface area (Å²) in [4.78, 5) is 24.3. The van der Waals surface area contributed by atoms with Crippen LogP contribution in [0.15, 0.2) is 30.5 Å². The van der Waals surface area contributed by atoms with Crippen LogP contribution in [0.5, 0.6) is 5.75 Å². The maximum atomic E-state index is 14.3. The smallest absolute Gasteiger partial charge is 0.226 e. The minimum atomic E-state index is -0.440. The Morgan fingerprint density at radius 2 is 2.03 bits per heavy atom. The number of carbonyl (C=O) groups is 1. The number of halogens is 1. The molecule has 0 amide bonds. The number of aliphatic hydroxyl groups excluding tert-OH is 1. The molecule has 1 aromatic carbocycles. The summed E-state index contributed by atoms with van der Waals surface area (Å²) < 4.78 is 20.3. The van der Waals surface area contributed by atoms with E-state index < -0.39 is 5.82 Å². The van der Waals surface area contributed by atoms with Gasteiger partial charge in [-0.1, -0.05) is 26.0 Å². The van der Waals surface area contributed by atoms with Crippen molar-refractivity contribution < 1.29 is 19.0 Å². The molecule has 0 spiro atoms. The summed E-state index contributed by atoms with van der Waals surface area (Å²) >= 11 is 0. The van der Waals surface area contributed by atoms with Crippen LogP contribution >= 0.6 is 0 Å². The molecule has 0 aliphatic carbocycles. The molecule has 3 rings (SSSR count). The first-order valence-electron chi connectivity index (χ1n) is 10.6. The van der Waals surface area contributed by atoms with Crippen molar-refractivity contribution in [2.45, 2.75) is 38.7 Å². The van der Waals surface area contributed by atoms with E-state index >= 15 is 0 Å². The highest BCUT2D eigenvalue weighted by Crippen LogP contribution is 2.27. The summed E-state index contributed by atoms with van der Waals surface area (Å²) in [6.45, 7) is 4.95. The van der Waals surface area contributed by atoms with Crippen LogP contribution in [0.4, 0.5) is 16.2 Å². The highest BCUT2D eigenvalue weighted by molar-refractivity contribution is 5.85. The van der Waals surface area contributed by atoms with Gasteiger partial charge in [0.15, 0.2) is 11.6 Å². The Labute approximate surface area is 182 Å². The first-order chi connectivity index (χ1) is 14.8. The summed E-state index contributed by atoms with van der Waals surface area (Å²) in [6, 6.07) is 7.54. The minimum absolute atomic E-state index is 0.0129. The van der Waals surface area contributed by atoms with Crippen molar-refractivity contribution in [1.29, 1.82) is 0 Å². The number of Topliss-reactive ketones (excluding diaryl/α,β-unsaturated/α-hetero) is 1. The molecule has 31 heavy (non-hydrogen) atoms. The number of ketones is 1. The average Bonchev–Trinajstić information content (AvgIpc) is 3.21. The van der Waals surface area contributed by atoms with Gasteiger partial charge < -0.3 is 19.6 Å². The van der Waals surface area contributed by atoms with Crippen molar-refractivity contribution in [1.82, 2.24) is 9.97 Å². The molecule has 1 aliphatic heterocycles. The molecule has 1 aliphatic rings. The number of aliphatic hydroxyl groups is 1. The monoisotopic (exact) mass is 430 g/mol. The standard InChI is InChI=1S/C23H31FN4O3/c1-15(14-29)11-21(30)16(2)17-5-7-18(8-6-17)31-19-9-10-28(13-19)22-20(24)12-25-23(26-22)27(3)4/h5-8,12,15-16,19,29H,9-11,13-14H2,1-4H3. The van der Waals surface area contributed by atoms with Crippen LogP contribution in [0.1, 0.15) is 38.2 Å². The van der Waals surface area contributed by atoms with E-state index in [2.05, 4.69) is 9.97 Å². The van der Waals surface area contributed by atoms with Gasteiger partial charge in [-0.05, 0) is 23.6 Å². The number of aromatic nitrogens is 2. The maximum absolute atomic E-state index is 14.3. The van der Waals surface area contributed by atoms with Crippen molar-refractivity contribution in [3.63, 3.8) is 0 Å². The first kappa shape index (κ1) is 22.9. The predicted molar refractivity (Wildman–Crippen MR) is 118 cm³/mol. The molecule has 1 aromatic heterocycles. The number of carbonyl (C=O) groups excluding carboxylic acids is 1. The Morgan fingerprint density at radius 3 is 2.68 bits per heavy atom. The predicted octanol–water partition coefficient (Wildman–Crippen LogP) is 3.03. The molecule has 0 radical (unpaired) electrons. The van der Waals surface area contributed by atoms with Crippen LogP contribution in [-0.2, 0) is 4.79 Å². The van der Waals surface area contributed by atoms with Crippen molar-refractivity contribution in [3.8, 4) is 5.75 Å². The van der Waals surface area contributed by atoms with Crippen LogP contribution in [-0.4, -0.2) is 60.8 Å². The largest absolute Gasteiger partial charge is 0.489 e. The fourth-order valence-electron chi connectivity index (χ4n) is 3.60. The fourth-order valence-corrected chi connectivity index (χ4v) is 3.60. The van der Waals surface area contributed by atoms with Gasteiger partial charge in [-0.3, -0.25) is 4.79 Å². The van der Waals surface area contributed by atoms with Gasteiger partial charge in [0.25, 0.3) is 0 Å². The molecule has 8 heteroatoms. The Kier molecular flexibility index (Phi) is 7.43. The number of hydrogen-bond acceptors (Lipinski definition) is 7. The molecular formula is C23H31FN4O3. The van der Waals surface area contributed by atoms with E-state index in [9.17, 15) is 9.18 Å². The zero-order chi connectivity index (χ0) is 22.5. The molecule has 2 heterocycles. The number of ether oxygens (including phenoxy) is 1. The van der Waals surface area contributed by atoms with Crippen molar-refractivity contribution in [3.05, 3.63) is 41.8 Å². The van der Waals surface area contributed by atoms with Gasteiger partial charge >= 0.3 is 0 Å². The quantitative estimate of drug-likeness (QED) is 0.655. The van der Waals surface area contributed by atoms with Gasteiger partial charge in [-0.2, -0.15) is 4.98 Å². The highest BCUT2D eigenvalue weighted by Gasteiger charge is 2.28. The number of hydrogen-bond donors (Lipinski definition) is 1. The van der Waals surface area contributed by atoms with E-state index in [1.165, 1.54) is 6.20 Å². The third-order valence-corrected chi connectivity index (χ3v) is 5.58. The van der Waals surface area contributed by atoms with E-state index in [0.29, 0.717) is 31.3 Å². The van der Waals surface area contributed by atoms with Crippen LogP contribution in [0, 0.1) is 11.7 Å². The topological polar surface area (TPSA) is 78.8 Å². The molecule has 1 N–H and O–H groups in total. The molecule has 2 aromatic rings. The number of rotatable bonds is 9. The molecule has 3 unspecified atom stereocenters. The lowest BCUT2D eigenvalue weighted by atomic mass is 9.91. The summed E-state index contributed by atoms with van der Waals surface area (Å²) in [5.41, 5.74) is 0.926. The summed E-state index contributed by atoms with van der Waals surface area (Å²) in [6.07, 6.45) is 2.25. The van der Waals surface area contributed by atoms with Crippen molar-refractivity contribution >= 4 is 17.5 Å². The minimum Gasteiger partial charge on any atom is -0.489 e. The summed E-state index contributed by atoms with van der Waals surface area (Å²) in [5.74, 6) is 0.901. The summed E-state index contributed by atoms with van der Waals surface area (Å²) in [5, 5.41) is 9.15. The zero-order valence-electron chi connectivity index (χ0n) is 18.6. The van der Waals surface area contributed by atoms with E-state index in [0.717, 1.165) is 17.7 Å². The van der Waals surface area contributed by atoms with Gasteiger partial charge in [0.1, 0.15) is 17.6 Å². The van der Waals surface area contributed by atoms with E-state index in [1.807, 2.05) is 57.1 Å². The Morgan fingerprint density at radius 1 is 1.32 bits per heavy atom. The van der Waals surface area contributed by atoms with E-state index in [4.69, 9.17) is 9.84 Å². The van der Waals surface area contributed by atoms with Gasteiger partial charge in [0, 0.05) is 46.0 Å². The molecule has 3 atom stereocenters. The molecule has 1 fully saturated rings. The number of benzene rings is 1. The zero-order valence-corrected chi connectivity index (χ0v) is 18.6. The third kappa shape index (κ3) is 5.70. The molecule has 1 saturated heterocycles. The fraction of sp³-hybridized carbons (Fsp3) is 0.522. The van der Waals surface area contributed by atoms with E-state index in [1.54, 1.807) is 4.90 Å². The van der Waals surface area contributed by atoms with Gasteiger partial charge in [0.2, 0.25) is 5.95 Å². The van der Waals surface area contributed by atoms with Crippen LogP contribution < -0.4 is 14.5 Å². The molecule has 0 bridgehead atoms. The highest BCUT2D eigenvalue weighted by atomic mass is 19.1. The second-order valence-corrected chi connectivity index (χ2v) is 8.46.